The van der Waals surface area contributed by atoms with Gasteiger partial charge in [-0.3, -0.25) is 0 Å². The van der Waals surface area contributed by atoms with Crippen molar-refractivity contribution in [2.24, 2.45) is 50.2 Å². The largest absolute Gasteiger partial charge is 0.479 e. The number of hydrogen-bond acceptors (Lipinski definition) is 23. The number of carboxylic acids is 1. The number of fused-ring (bicyclic) bond motifs is 7. The highest BCUT2D eigenvalue weighted by Gasteiger charge is 2.77. The number of aliphatic carboxylic acids is 1. The van der Waals surface area contributed by atoms with Crippen LogP contribution < -0.4 is 0 Å². The van der Waals surface area contributed by atoms with Gasteiger partial charge in [0.25, 0.3) is 0 Å². The van der Waals surface area contributed by atoms with E-state index in [1.54, 1.807) is 39.8 Å². The zero-order valence-electron chi connectivity index (χ0n) is 47.8. The number of ether oxygens (including phenoxy) is 8. The Morgan fingerprint density at radius 1 is 0.630 bits per heavy atom. The topological polar surface area (TPSA) is 388 Å². The number of allylic oxidation sites excluding steroid dienone is 3. The minimum atomic E-state index is -2.18. The van der Waals surface area contributed by atoms with Crippen LogP contribution in [0, 0.1) is 50.2 Å². The van der Waals surface area contributed by atoms with Crippen molar-refractivity contribution in [1.29, 1.82) is 0 Å². The maximum atomic E-state index is 13.9. The highest BCUT2D eigenvalue weighted by molar-refractivity contribution is 5.89. The van der Waals surface area contributed by atoms with Crippen molar-refractivity contribution in [1.82, 2.24) is 0 Å². The summed E-state index contributed by atoms with van der Waals surface area (Å²) in [5, 5.41) is 146. The van der Waals surface area contributed by atoms with Crippen molar-refractivity contribution in [3.8, 4) is 0 Å². The Morgan fingerprint density at radius 3 is 1.70 bits per heavy atom. The predicted octanol–water partition coefficient (Wildman–Crippen LogP) is -0.765. The maximum Gasteiger partial charge on any atom is 0.335 e. The highest BCUT2D eigenvalue weighted by Crippen LogP contribution is 2.76. The van der Waals surface area contributed by atoms with Crippen LogP contribution in [-0.2, 0) is 52.3 Å². The Bertz CT molecular complexity index is 2410. The summed E-state index contributed by atoms with van der Waals surface area (Å²) in [4.78, 5) is 40.4. The van der Waals surface area contributed by atoms with E-state index in [0.29, 0.717) is 31.3 Å². The first-order valence-electron chi connectivity index (χ1n) is 28.3. The van der Waals surface area contributed by atoms with Crippen molar-refractivity contribution in [3.63, 3.8) is 0 Å². The molecule has 8 rings (SSSR count). The summed E-state index contributed by atoms with van der Waals surface area (Å²) in [6.45, 7) is 15.3. The number of rotatable bonds is 15. The molecule has 24 nitrogen and oxygen atoms in total. The number of aliphatic hydroxyl groups excluding tert-OH is 12. The van der Waals surface area contributed by atoms with Gasteiger partial charge in [-0.1, -0.05) is 65.3 Å². The lowest BCUT2D eigenvalue weighted by molar-refractivity contribution is -0.387. The van der Waals surface area contributed by atoms with Gasteiger partial charge in [0.05, 0.1) is 50.2 Å². The van der Waals surface area contributed by atoms with E-state index in [-0.39, 0.29) is 24.3 Å². The Kier molecular flexibility index (Phi) is 18.4. The second kappa shape index (κ2) is 23.3. The van der Waals surface area contributed by atoms with Gasteiger partial charge in [-0.15, -0.1) is 0 Å². The molecule has 0 bridgehead atoms. The number of aliphatic hydroxyl groups is 12. The first-order chi connectivity index (χ1) is 37.9. The lowest BCUT2D eigenvalue weighted by Crippen LogP contribution is -2.76. The second-order valence-electron chi connectivity index (χ2n) is 25.9. The lowest BCUT2D eigenvalue weighted by Gasteiger charge is -2.73. The summed E-state index contributed by atoms with van der Waals surface area (Å²) in [7, 11) is 0. The zero-order valence-corrected chi connectivity index (χ0v) is 47.8. The third-order valence-electron chi connectivity index (χ3n) is 21.5. The minimum absolute atomic E-state index is 0.165. The molecule has 27 atom stereocenters. The third-order valence-corrected chi connectivity index (χ3v) is 21.5. The summed E-state index contributed by atoms with van der Waals surface area (Å²) in [5.74, 6) is -4.48. The molecule has 0 spiro atoms. The van der Waals surface area contributed by atoms with Gasteiger partial charge in [0, 0.05) is 27.4 Å². The molecular formula is C57H88O24. The molecule has 7 fully saturated rings. The number of carbonyl (C=O) groups is 3. The van der Waals surface area contributed by atoms with Gasteiger partial charge in [-0.2, -0.15) is 0 Å². The Hall–Kier alpha value is -3.09. The number of esters is 2. The maximum absolute atomic E-state index is 13.9. The van der Waals surface area contributed by atoms with E-state index in [1.165, 1.54) is 0 Å². The molecule has 13 N–H and O–H groups in total. The Balaban J connectivity index is 1.15. The van der Waals surface area contributed by atoms with Crippen LogP contribution in [0.15, 0.2) is 34.9 Å². The molecule has 0 aromatic rings. The molecule has 0 radical (unpaired) electrons. The van der Waals surface area contributed by atoms with Crippen molar-refractivity contribution < 1.29 is 119 Å². The van der Waals surface area contributed by atoms with E-state index >= 15 is 0 Å². The van der Waals surface area contributed by atoms with E-state index in [9.17, 15) is 80.8 Å². The summed E-state index contributed by atoms with van der Waals surface area (Å²) in [6.07, 6.45) is -25.7. The molecule has 4 saturated carbocycles. The molecule has 0 aromatic carbocycles. The predicted molar refractivity (Wildman–Crippen MR) is 278 cm³/mol. The number of carbonyl (C=O) groups excluding carboxylic acids is 2. The molecule has 0 amide bonds. The fourth-order valence-corrected chi connectivity index (χ4v) is 16.2. The summed E-state index contributed by atoms with van der Waals surface area (Å²) in [6, 6.07) is 0. The molecule has 0 aromatic heterocycles. The summed E-state index contributed by atoms with van der Waals surface area (Å²) >= 11 is 0. The first kappa shape index (κ1) is 63.9. The first-order valence-corrected chi connectivity index (χ1v) is 28.3. The van der Waals surface area contributed by atoms with Crippen molar-refractivity contribution >= 4 is 17.9 Å². The highest BCUT2D eigenvalue weighted by atomic mass is 16.8. The lowest BCUT2D eigenvalue weighted by atomic mass is 9.32. The molecule has 3 heterocycles. The van der Waals surface area contributed by atoms with Gasteiger partial charge in [0.1, 0.15) is 67.1 Å². The average molecular weight is 1160 g/mol. The molecule has 24 heteroatoms. The average Bonchev–Trinajstić information content (AvgIpc) is 1.99. The monoisotopic (exact) mass is 1160 g/mol. The van der Waals surface area contributed by atoms with Crippen LogP contribution in [0.25, 0.3) is 0 Å². The number of hydrogen-bond donors (Lipinski definition) is 13. The fraction of sp³-hybridized carbons (Fsp3) is 0.842. The molecule has 81 heavy (non-hydrogen) atoms. The van der Waals surface area contributed by atoms with Gasteiger partial charge in [-0.25, -0.2) is 14.4 Å². The Morgan fingerprint density at radius 2 is 1.17 bits per heavy atom. The molecule has 460 valence electrons. The normalized spacial score (nSPS) is 49.8. The van der Waals surface area contributed by atoms with Crippen LogP contribution in [0.3, 0.4) is 0 Å². The van der Waals surface area contributed by atoms with Gasteiger partial charge in [0.2, 0.25) is 0 Å². The zero-order chi connectivity index (χ0) is 60.0. The van der Waals surface area contributed by atoms with Crippen LogP contribution in [0.4, 0.5) is 0 Å². The van der Waals surface area contributed by atoms with Crippen molar-refractivity contribution in [2.45, 2.75) is 224 Å². The van der Waals surface area contributed by atoms with E-state index in [1.807, 2.05) is 27.7 Å². The Labute approximate surface area is 471 Å². The summed E-state index contributed by atoms with van der Waals surface area (Å²) in [5.41, 5.74) is -5.25. The molecule has 9 unspecified atom stereocenters. The minimum Gasteiger partial charge on any atom is -0.479 e. The quantitative estimate of drug-likeness (QED) is 0.0415. The van der Waals surface area contributed by atoms with Gasteiger partial charge >= 0.3 is 17.9 Å². The molecule has 5 aliphatic carbocycles. The van der Waals surface area contributed by atoms with Crippen molar-refractivity contribution in [3.05, 3.63) is 34.9 Å². The molecule has 3 saturated heterocycles. The van der Waals surface area contributed by atoms with Crippen LogP contribution in [0.2, 0.25) is 0 Å². The fourth-order valence-electron chi connectivity index (χ4n) is 16.2. The standard InChI is InChI=1S/C57H88O24/c1-11-24(3)47(72)80-44-45(81-48(73)25(4)12-2)57(23-61)27(19-52(44,5)6)26-13-14-31-53(7)17-16-32(54(8,22-60)30(53)15-18-55(31,9)56(26,10)42(68)43(57)69)76-51-41(79-50-37(66)35(64)33(62)28(20-58)74-50)39(38(67)40(78-51)46(70)71)77-49-36(65)34(63)29(21-59)75-49/h11-13,27-45,49-51,58-69H,14-23H2,1-10H3,(H,70,71)/b24-11-,25-12-/t27?,28?,29-,30?,31?,32-,33+,34+,35?,36?,37-,38-,39?,40?,41-,42-,43+,44-,45-,49?,50-,51+,53-,54+,55+,56-,57-/m0/s1. The smallest absolute Gasteiger partial charge is 0.335 e. The van der Waals surface area contributed by atoms with E-state index in [4.69, 9.17) is 37.9 Å². The molecule has 8 aliphatic rings. The number of carboxylic acid groups (broad SMARTS) is 1. The van der Waals surface area contributed by atoms with Gasteiger partial charge < -0.3 is 104 Å². The molecular weight excluding hydrogens is 1070 g/mol. The second-order valence-corrected chi connectivity index (χ2v) is 25.9. The van der Waals surface area contributed by atoms with E-state index < -0.39 is 205 Å². The van der Waals surface area contributed by atoms with Crippen LogP contribution in [0.1, 0.15) is 108 Å². The van der Waals surface area contributed by atoms with E-state index in [0.717, 1.165) is 5.57 Å². The molecule has 3 aliphatic heterocycles. The van der Waals surface area contributed by atoms with Gasteiger partial charge in [0.15, 0.2) is 31.1 Å². The van der Waals surface area contributed by atoms with Crippen molar-refractivity contribution in [2.75, 3.05) is 26.4 Å². The van der Waals surface area contributed by atoms with Gasteiger partial charge in [-0.05, 0) is 94.8 Å². The van der Waals surface area contributed by atoms with Crippen LogP contribution in [0.5, 0.6) is 0 Å². The SMILES string of the molecule is C/C=C(/C)C(=O)O[C@H]1[C@H](OC(=O)/C(C)=C\C)[C@@]2(CO)C(CC1(C)C)C1=CCC3[C@@]4(C)CC[C@H](O[C@@H]5OC(C(=O)O)[C@@H](O)C(OC6O[C@@H](CO)[C@@H](O)C6O)[C@@H]5O[C@@H]5OC(CO)[C@@H](O)C(O)[C@@H]5O)[C@](C)(CO)C4CC[C@@]3(C)[C@]1(C)[C@@H](O)[C@H]2O. The third kappa shape index (κ3) is 9.98. The van der Waals surface area contributed by atoms with Crippen LogP contribution >= 0.6 is 0 Å². The van der Waals surface area contributed by atoms with E-state index in [2.05, 4.69) is 19.9 Å². The van der Waals surface area contributed by atoms with Crippen LogP contribution in [-0.4, -0.2) is 227 Å². The summed E-state index contributed by atoms with van der Waals surface area (Å²) < 4.78 is 48.8.